The van der Waals surface area contributed by atoms with E-state index in [0.29, 0.717) is 32.4 Å². The Labute approximate surface area is 118 Å². The molecule has 0 saturated carbocycles. The quantitative estimate of drug-likeness (QED) is 0.803. The number of aliphatic carboxylic acids is 1. The second-order valence-electron chi connectivity index (χ2n) is 5.68. The minimum Gasteiger partial charge on any atom is -0.481 e. The third kappa shape index (κ3) is 3.63. The van der Waals surface area contributed by atoms with Gasteiger partial charge in [-0.05, 0) is 19.8 Å². The van der Waals surface area contributed by atoms with Gasteiger partial charge in [0.15, 0.2) is 0 Å². The highest BCUT2D eigenvalue weighted by Gasteiger charge is 2.38. The van der Waals surface area contributed by atoms with E-state index in [2.05, 4.69) is 5.32 Å². The first-order valence-electron chi connectivity index (χ1n) is 6.83. The van der Waals surface area contributed by atoms with E-state index in [1.54, 1.807) is 6.92 Å². The Balaban J connectivity index is 1.80. The van der Waals surface area contributed by atoms with Crippen LogP contribution in [-0.2, 0) is 9.59 Å². The smallest absolute Gasteiger partial charge is 0.309 e. The molecule has 0 aromatic heterocycles. The zero-order valence-electron chi connectivity index (χ0n) is 11.4. The molecule has 0 aliphatic carbocycles. The topological polar surface area (TPSA) is 69.6 Å². The summed E-state index contributed by atoms with van der Waals surface area (Å²) in [4.78, 5) is 25.2. The molecule has 2 aliphatic heterocycles. The monoisotopic (exact) mass is 286 g/mol. The minimum atomic E-state index is -0.745. The van der Waals surface area contributed by atoms with E-state index in [9.17, 15) is 9.59 Å². The molecule has 2 N–H and O–H groups in total. The molecule has 0 bridgehead atoms. The average Bonchev–Trinajstić information content (AvgIpc) is 2.40. The summed E-state index contributed by atoms with van der Waals surface area (Å²) in [6, 6.07) is 0.277. The lowest BCUT2D eigenvalue weighted by molar-refractivity contribution is -0.153. The molecule has 0 spiro atoms. The molecular weight excluding hydrogens is 264 g/mol. The van der Waals surface area contributed by atoms with Gasteiger partial charge in [0, 0.05) is 43.6 Å². The van der Waals surface area contributed by atoms with Crippen LogP contribution in [0.1, 0.15) is 26.2 Å². The van der Waals surface area contributed by atoms with Gasteiger partial charge >= 0.3 is 5.97 Å². The van der Waals surface area contributed by atoms with Crippen molar-refractivity contribution in [3.63, 3.8) is 0 Å². The Kier molecular flexibility index (Phi) is 4.73. The van der Waals surface area contributed by atoms with Gasteiger partial charge in [-0.25, -0.2) is 0 Å². The van der Waals surface area contributed by atoms with Crippen LogP contribution in [0.5, 0.6) is 0 Å². The van der Waals surface area contributed by atoms with Crippen molar-refractivity contribution in [2.45, 2.75) is 32.2 Å². The van der Waals surface area contributed by atoms with Crippen LogP contribution in [0.15, 0.2) is 0 Å². The van der Waals surface area contributed by atoms with E-state index in [4.69, 9.17) is 5.11 Å². The molecule has 108 valence electrons. The summed E-state index contributed by atoms with van der Waals surface area (Å²) < 4.78 is 0. The second kappa shape index (κ2) is 6.13. The molecule has 1 amide bonds. The van der Waals surface area contributed by atoms with Crippen LogP contribution in [0, 0.1) is 5.41 Å². The fourth-order valence-electron chi connectivity index (χ4n) is 2.55. The summed E-state index contributed by atoms with van der Waals surface area (Å²) in [5, 5.41) is 12.5. The fraction of sp³-hybridized carbons (Fsp3) is 0.846. The van der Waals surface area contributed by atoms with E-state index in [0.717, 1.165) is 18.1 Å². The van der Waals surface area contributed by atoms with Crippen molar-refractivity contribution in [1.29, 1.82) is 0 Å². The number of hydrogen-bond donors (Lipinski definition) is 2. The summed E-state index contributed by atoms with van der Waals surface area (Å²) in [6.07, 6.45) is 1.65. The normalized spacial score (nSPS) is 27.0. The summed E-state index contributed by atoms with van der Waals surface area (Å²) in [6.45, 7) is 3.89. The van der Waals surface area contributed by atoms with Gasteiger partial charge in [0.05, 0.1) is 5.41 Å². The molecule has 0 aromatic carbocycles. The largest absolute Gasteiger partial charge is 0.481 e. The Morgan fingerprint density at radius 3 is 2.63 bits per heavy atom. The van der Waals surface area contributed by atoms with Gasteiger partial charge in [-0.3, -0.25) is 9.59 Å². The van der Waals surface area contributed by atoms with Crippen LogP contribution < -0.4 is 5.32 Å². The van der Waals surface area contributed by atoms with Crippen molar-refractivity contribution in [2.24, 2.45) is 5.41 Å². The van der Waals surface area contributed by atoms with E-state index in [1.165, 1.54) is 0 Å². The number of rotatable bonds is 3. The molecule has 1 unspecified atom stereocenters. The van der Waals surface area contributed by atoms with Crippen molar-refractivity contribution in [3.05, 3.63) is 0 Å². The predicted octanol–water partition coefficient (Wildman–Crippen LogP) is 0.795. The minimum absolute atomic E-state index is 0.160. The zero-order chi connectivity index (χ0) is 13.9. The van der Waals surface area contributed by atoms with E-state index >= 15 is 0 Å². The summed E-state index contributed by atoms with van der Waals surface area (Å²) in [7, 11) is 0. The Morgan fingerprint density at radius 2 is 2.11 bits per heavy atom. The lowest BCUT2D eigenvalue weighted by atomic mass is 9.80. The molecule has 2 rings (SSSR count). The average molecular weight is 286 g/mol. The number of carboxylic acid groups (broad SMARTS) is 1. The number of carboxylic acids is 1. The Hall–Kier alpha value is -0.750. The van der Waals surface area contributed by atoms with Gasteiger partial charge < -0.3 is 15.3 Å². The van der Waals surface area contributed by atoms with Crippen molar-refractivity contribution in [1.82, 2.24) is 10.2 Å². The number of nitrogens with zero attached hydrogens (tertiary/aromatic N) is 1. The lowest BCUT2D eigenvalue weighted by Crippen LogP contribution is -2.48. The van der Waals surface area contributed by atoms with Crippen molar-refractivity contribution >= 4 is 23.6 Å². The van der Waals surface area contributed by atoms with E-state index in [-0.39, 0.29) is 11.9 Å². The number of amides is 1. The Bertz CT molecular complexity index is 348. The number of likely N-dealkylation sites (tertiary alicyclic amines) is 1. The molecule has 0 radical (unpaired) electrons. The lowest BCUT2D eigenvalue weighted by Gasteiger charge is -2.37. The van der Waals surface area contributed by atoms with Crippen LogP contribution in [0.4, 0.5) is 0 Å². The third-order valence-corrected chi connectivity index (χ3v) is 5.29. The molecule has 2 heterocycles. The van der Waals surface area contributed by atoms with Crippen LogP contribution >= 0.6 is 11.8 Å². The van der Waals surface area contributed by atoms with Crippen molar-refractivity contribution < 1.29 is 14.7 Å². The highest BCUT2D eigenvalue weighted by atomic mass is 32.2. The number of carbonyl (C=O) groups is 2. The third-order valence-electron chi connectivity index (χ3n) is 4.16. The molecule has 1 atom stereocenters. The Morgan fingerprint density at radius 1 is 1.42 bits per heavy atom. The number of carbonyl (C=O) groups excluding carboxylic acids is 1. The molecule has 0 aromatic rings. The highest BCUT2D eigenvalue weighted by molar-refractivity contribution is 7.99. The molecular formula is C13H22N2O3S. The first kappa shape index (κ1) is 14.7. The second-order valence-corrected chi connectivity index (χ2v) is 6.83. The SMILES string of the molecule is CC1(C(=O)O)CCN(C(=O)CC2CSCCN2)CC1. The first-order chi connectivity index (χ1) is 9.01. The summed E-state index contributed by atoms with van der Waals surface area (Å²) in [5.41, 5.74) is -0.657. The summed E-state index contributed by atoms with van der Waals surface area (Å²) >= 11 is 1.88. The number of thioether (sulfide) groups is 1. The number of piperidine rings is 1. The molecule has 5 nitrogen and oxygen atoms in total. The zero-order valence-corrected chi connectivity index (χ0v) is 12.2. The summed E-state index contributed by atoms with van der Waals surface area (Å²) in [5.74, 6) is 1.52. The van der Waals surface area contributed by atoms with Gasteiger partial charge in [-0.2, -0.15) is 11.8 Å². The maximum atomic E-state index is 12.2. The predicted molar refractivity (Wildman–Crippen MR) is 75.3 cm³/mol. The maximum absolute atomic E-state index is 12.2. The van der Waals surface area contributed by atoms with Gasteiger partial charge in [0.25, 0.3) is 0 Å². The maximum Gasteiger partial charge on any atom is 0.309 e. The van der Waals surface area contributed by atoms with Crippen molar-refractivity contribution in [2.75, 3.05) is 31.1 Å². The van der Waals surface area contributed by atoms with Crippen LogP contribution in [-0.4, -0.2) is 59.1 Å². The van der Waals surface area contributed by atoms with Gasteiger partial charge in [-0.1, -0.05) is 0 Å². The molecule has 2 saturated heterocycles. The molecule has 6 heteroatoms. The number of hydrogen-bond acceptors (Lipinski definition) is 4. The number of nitrogens with one attached hydrogen (secondary N) is 1. The van der Waals surface area contributed by atoms with E-state index in [1.807, 2.05) is 16.7 Å². The fourth-order valence-corrected chi connectivity index (χ4v) is 3.50. The van der Waals surface area contributed by atoms with Crippen LogP contribution in [0.25, 0.3) is 0 Å². The van der Waals surface area contributed by atoms with Gasteiger partial charge in [0.2, 0.25) is 5.91 Å². The van der Waals surface area contributed by atoms with Gasteiger partial charge in [-0.15, -0.1) is 0 Å². The highest BCUT2D eigenvalue weighted by Crippen LogP contribution is 2.31. The first-order valence-corrected chi connectivity index (χ1v) is 7.99. The van der Waals surface area contributed by atoms with Gasteiger partial charge in [0.1, 0.15) is 0 Å². The molecule has 2 fully saturated rings. The standard InChI is InChI=1S/C13H22N2O3S/c1-13(12(17)18)2-5-15(6-3-13)11(16)8-10-9-19-7-4-14-10/h10,14H,2-9H2,1H3,(H,17,18). The van der Waals surface area contributed by atoms with E-state index < -0.39 is 11.4 Å². The van der Waals surface area contributed by atoms with Crippen LogP contribution in [0.3, 0.4) is 0 Å². The molecule has 2 aliphatic rings. The molecule has 19 heavy (non-hydrogen) atoms. The van der Waals surface area contributed by atoms with Crippen molar-refractivity contribution in [3.8, 4) is 0 Å². The van der Waals surface area contributed by atoms with Crippen LogP contribution in [0.2, 0.25) is 0 Å².